The molecule has 0 aliphatic rings. The molecule has 0 spiro atoms. The summed E-state index contributed by atoms with van der Waals surface area (Å²) in [6.07, 6.45) is 1.22. The van der Waals surface area contributed by atoms with Gasteiger partial charge in [0, 0.05) is 13.1 Å². The van der Waals surface area contributed by atoms with Gasteiger partial charge in [0.05, 0.1) is 0 Å². The van der Waals surface area contributed by atoms with Gasteiger partial charge in [-0.3, -0.25) is 0 Å². The maximum atomic E-state index is 5.86. The van der Waals surface area contributed by atoms with E-state index in [-0.39, 0.29) is 0 Å². The minimum Gasteiger partial charge on any atom is -0.330 e. The summed E-state index contributed by atoms with van der Waals surface area (Å²) in [6, 6.07) is 8.73. The van der Waals surface area contributed by atoms with Gasteiger partial charge >= 0.3 is 0 Å². The highest BCUT2D eigenvalue weighted by atomic mass is 15.1. The second-order valence-corrected chi connectivity index (χ2v) is 5.92. The summed E-state index contributed by atoms with van der Waals surface area (Å²) in [6.45, 7) is 9.56. The predicted octanol–water partition coefficient (Wildman–Crippen LogP) is 3.05. The highest BCUT2D eigenvalue weighted by Gasteiger charge is 2.12. The molecule has 0 aliphatic carbocycles. The maximum Gasteiger partial charge on any atom is 0.0230 e. The topological polar surface area (TPSA) is 29.3 Å². The lowest BCUT2D eigenvalue weighted by Crippen LogP contribution is -2.30. The zero-order valence-electron chi connectivity index (χ0n) is 12.3. The smallest absolute Gasteiger partial charge is 0.0230 e. The Labute approximate surface area is 112 Å². The second-order valence-electron chi connectivity index (χ2n) is 5.92. The second kappa shape index (κ2) is 7.55. The van der Waals surface area contributed by atoms with E-state index in [1.165, 1.54) is 17.5 Å². The van der Waals surface area contributed by atoms with Crippen molar-refractivity contribution in [3.63, 3.8) is 0 Å². The summed E-state index contributed by atoms with van der Waals surface area (Å²) in [7, 11) is 2.19. The van der Waals surface area contributed by atoms with Gasteiger partial charge in [-0.05, 0) is 44.3 Å². The molecule has 2 nitrogen and oxygen atoms in total. The maximum absolute atomic E-state index is 5.86. The normalized spacial score (nSPS) is 13.3. The molecule has 1 aromatic rings. The minimum atomic E-state index is 0.611. The van der Waals surface area contributed by atoms with E-state index in [1.807, 2.05) is 0 Å². The highest BCUT2D eigenvalue weighted by molar-refractivity contribution is 5.21. The van der Waals surface area contributed by atoms with Gasteiger partial charge < -0.3 is 10.6 Å². The molecule has 1 unspecified atom stereocenters. The van der Waals surface area contributed by atoms with E-state index in [1.54, 1.807) is 0 Å². The van der Waals surface area contributed by atoms with Crippen LogP contribution in [0.25, 0.3) is 0 Å². The molecule has 2 heteroatoms. The first-order valence-electron chi connectivity index (χ1n) is 6.95. The van der Waals surface area contributed by atoms with Crippen LogP contribution in [0.3, 0.4) is 0 Å². The van der Waals surface area contributed by atoms with E-state index in [4.69, 9.17) is 5.73 Å². The van der Waals surface area contributed by atoms with Crippen molar-refractivity contribution in [3.8, 4) is 0 Å². The molecule has 1 atom stereocenters. The van der Waals surface area contributed by atoms with Gasteiger partial charge in [0.25, 0.3) is 0 Å². The average molecular weight is 248 g/mol. The van der Waals surface area contributed by atoms with Crippen LogP contribution < -0.4 is 5.73 Å². The molecule has 2 N–H and O–H groups in total. The number of nitrogens with zero attached hydrogens (tertiary/aromatic N) is 1. The first kappa shape index (κ1) is 15.2. The number of rotatable bonds is 7. The van der Waals surface area contributed by atoms with E-state index in [9.17, 15) is 0 Å². The first-order chi connectivity index (χ1) is 8.51. The molecular weight excluding hydrogens is 220 g/mol. The molecule has 0 fully saturated rings. The zero-order valence-corrected chi connectivity index (χ0v) is 12.3. The number of hydrogen-bond donors (Lipinski definition) is 1. The Kier molecular flexibility index (Phi) is 6.37. The molecule has 102 valence electrons. The van der Waals surface area contributed by atoms with Crippen molar-refractivity contribution in [2.24, 2.45) is 17.6 Å². The van der Waals surface area contributed by atoms with E-state index in [0.29, 0.717) is 5.92 Å². The quantitative estimate of drug-likeness (QED) is 0.803. The lowest BCUT2D eigenvalue weighted by Gasteiger charge is -2.24. The lowest BCUT2D eigenvalue weighted by molar-refractivity contribution is 0.250. The monoisotopic (exact) mass is 248 g/mol. The third-order valence-electron chi connectivity index (χ3n) is 3.24. The molecule has 0 bridgehead atoms. The molecule has 0 aliphatic heterocycles. The Morgan fingerprint density at radius 3 is 2.56 bits per heavy atom. The minimum absolute atomic E-state index is 0.611. The molecule has 0 heterocycles. The molecule has 1 rings (SSSR count). The third kappa shape index (κ3) is 5.65. The number of aryl methyl sites for hydroxylation is 1. The Morgan fingerprint density at radius 2 is 2.00 bits per heavy atom. The van der Waals surface area contributed by atoms with Gasteiger partial charge in [-0.15, -0.1) is 0 Å². The molecular formula is C16H28N2. The van der Waals surface area contributed by atoms with Crippen molar-refractivity contribution in [1.29, 1.82) is 0 Å². The van der Waals surface area contributed by atoms with Crippen LogP contribution in [0, 0.1) is 18.8 Å². The van der Waals surface area contributed by atoms with Crippen LogP contribution in [-0.4, -0.2) is 25.0 Å². The summed E-state index contributed by atoms with van der Waals surface area (Å²) in [5.41, 5.74) is 8.58. The Morgan fingerprint density at radius 1 is 1.28 bits per heavy atom. The van der Waals surface area contributed by atoms with Gasteiger partial charge in [0.2, 0.25) is 0 Å². The van der Waals surface area contributed by atoms with Crippen LogP contribution in [0.4, 0.5) is 0 Å². The number of nitrogens with two attached hydrogens (primary N) is 1. The van der Waals surface area contributed by atoms with Crippen molar-refractivity contribution in [2.75, 3.05) is 20.1 Å². The van der Waals surface area contributed by atoms with Crippen LogP contribution in [0.2, 0.25) is 0 Å². The molecule has 0 radical (unpaired) electrons. The first-order valence-corrected chi connectivity index (χ1v) is 6.95. The zero-order chi connectivity index (χ0) is 13.5. The van der Waals surface area contributed by atoms with Gasteiger partial charge in [-0.25, -0.2) is 0 Å². The predicted molar refractivity (Wildman–Crippen MR) is 79.5 cm³/mol. The van der Waals surface area contributed by atoms with Gasteiger partial charge in [-0.2, -0.15) is 0 Å². The molecule has 0 aromatic heterocycles. The molecule has 18 heavy (non-hydrogen) atoms. The Balaban J connectivity index is 2.47. The standard InChI is InChI=1S/C16H28N2/c1-13(2)8-16(10-17)12-18(4)11-15-7-5-6-14(3)9-15/h5-7,9,13,16H,8,10-12,17H2,1-4H3. The van der Waals surface area contributed by atoms with Crippen LogP contribution in [0.5, 0.6) is 0 Å². The highest BCUT2D eigenvalue weighted by Crippen LogP contribution is 2.13. The van der Waals surface area contributed by atoms with E-state index < -0.39 is 0 Å². The third-order valence-corrected chi connectivity index (χ3v) is 3.24. The van der Waals surface area contributed by atoms with Gasteiger partial charge in [0.15, 0.2) is 0 Å². The Bertz CT molecular complexity index is 347. The average Bonchev–Trinajstić information content (AvgIpc) is 2.27. The van der Waals surface area contributed by atoms with Crippen molar-refractivity contribution < 1.29 is 0 Å². The fourth-order valence-electron chi connectivity index (χ4n) is 2.54. The van der Waals surface area contributed by atoms with Crippen molar-refractivity contribution in [2.45, 2.75) is 33.7 Å². The number of hydrogen-bond acceptors (Lipinski definition) is 2. The fourth-order valence-corrected chi connectivity index (χ4v) is 2.54. The molecule has 0 saturated carbocycles. The summed E-state index contributed by atoms with van der Waals surface area (Å²) in [5, 5.41) is 0. The summed E-state index contributed by atoms with van der Waals surface area (Å²) in [5.74, 6) is 1.34. The van der Waals surface area contributed by atoms with E-state index in [2.05, 4.69) is 57.0 Å². The largest absolute Gasteiger partial charge is 0.330 e. The van der Waals surface area contributed by atoms with Crippen LogP contribution in [0.1, 0.15) is 31.4 Å². The van der Waals surface area contributed by atoms with Crippen LogP contribution in [0.15, 0.2) is 24.3 Å². The molecule has 0 saturated heterocycles. The Hall–Kier alpha value is -0.860. The summed E-state index contributed by atoms with van der Waals surface area (Å²) < 4.78 is 0. The summed E-state index contributed by atoms with van der Waals surface area (Å²) in [4.78, 5) is 2.38. The molecule has 0 amide bonds. The van der Waals surface area contributed by atoms with Crippen molar-refractivity contribution in [1.82, 2.24) is 4.90 Å². The number of benzene rings is 1. The summed E-state index contributed by atoms with van der Waals surface area (Å²) >= 11 is 0. The fraction of sp³-hybridized carbons (Fsp3) is 0.625. The SMILES string of the molecule is Cc1cccc(CN(C)CC(CN)CC(C)C)c1. The van der Waals surface area contributed by atoms with E-state index >= 15 is 0 Å². The van der Waals surface area contributed by atoms with Crippen LogP contribution in [-0.2, 0) is 6.54 Å². The van der Waals surface area contributed by atoms with Crippen molar-refractivity contribution in [3.05, 3.63) is 35.4 Å². The van der Waals surface area contributed by atoms with Gasteiger partial charge in [0.1, 0.15) is 0 Å². The van der Waals surface area contributed by atoms with Gasteiger partial charge in [-0.1, -0.05) is 43.7 Å². The lowest BCUT2D eigenvalue weighted by atomic mass is 9.96. The van der Waals surface area contributed by atoms with Crippen molar-refractivity contribution >= 4 is 0 Å². The van der Waals surface area contributed by atoms with E-state index in [0.717, 1.165) is 25.6 Å². The molecule has 1 aromatic carbocycles. The van der Waals surface area contributed by atoms with Crippen LogP contribution >= 0.6 is 0 Å².